The Morgan fingerprint density at radius 3 is 2.47 bits per heavy atom. The van der Waals surface area contributed by atoms with E-state index in [2.05, 4.69) is 69.2 Å². The number of halogens is 1. The van der Waals surface area contributed by atoms with Crippen molar-refractivity contribution in [2.24, 2.45) is 4.99 Å². The molecule has 1 aliphatic heterocycles. The Morgan fingerprint density at radius 1 is 1.10 bits per heavy atom. The first-order valence-electron chi connectivity index (χ1n) is 10.2. The monoisotopic (exact) mass is 541 g/mol. The fourth-order valence-electron chi connectivity index (χ4n) is 3.44. The van der Waals surface area contributed by atoms with Gasteiger partial charge in [0, 0.05) is 69.2 Å². The minimum absolute atomic E-state index is 0. The first-order valence-corrected chi connectivity index (χ1v) is 11.1. The van der Waals surface area contributed by atoms with Crippen LogP contribution in [0.4, 0.5) is 5.69 Å². The van der Waals surface area contributed by atoms with Crippen molar-refractivity contribution in [3.8, 4) is 0 Å². The predicted molar refractivity (Wildman–Crippen MR) is 137 cm³/mol. The molecule has 0 radical (unpaired) electrons. The van der Waals surface area contributed by atoms with Gasteiger partial charge in [0.2, 0.25) is 5.91 Å². The number of para-hydroxylation sites is 1. The van der Waals surface area contributed by atoms with E-state index in [-0.39, 0.29) is 29.9 Å². The van der Waals surface area contributed by atoms with Crippen molar-refractivity contribution in [3.05, 3.63) is 52.7 Å². The minimum atomic E-state index is 0. The zero-order chi connectivity index (χ0) is 20.5. The van der Waals surface area contributed by atoms with Gasteiger partial charge in [0.25, 0.3) is 0 Å². The van der Waals surface area contributed by atoms with Crippen LogP contribution in [0.2, 0.25) is 0 Å². The molecule has 2 heterocycles. The fourth-order valence-corrected chi connectivity index (χ4v) is 4.23. The number of piperazine rings is 1. The van der Waals surface area contributed by atoms with Crippen molar-refractivity contribution in [2.45, 2.75) is 19.3 Å². The third-order valence-electron chi connectivity index (χ3n) is 5.21. The number of hydrogen-bond donors (Lipinski definition) is 2. The molecule has 8 heteroatoms. The normalized spacial score (nSPS) is 15.3. The smallest absolute Gasteiger partial charge is 0.224 e. The number of anilines is 1. The molecule has 1 unspecified atom stereocenters. The molecule has 2 aromatic rings. The van der Waals surface area contributed by atoms with Crippen molar-refractivity contribution < 1.29 is 4.79 Å². The highest BCUT2D eigenvalue weighted by Gasteiger charge is 2.20. The summed E-state index contributed by atoms with van der Waals surface area (Å²) >= 11 is 1.77. The Morgan fingerprint density at radius 2 is 1.83 bits per heavy atom. The molecule has 30 heavy (non-hydrogen) atoms. The Labute approximate surface area is 200 Å². The quantitative estimate of drug-likeness (QED) is 0.321. The van der Waals surface area contributed by atoms with Crippen LogP contribution in [0.3, 0.4) is 0 Å². The number of nitrogens with zero attached hydrogens (tertiary/aromatic N) is 3. The molecule has 0 saturated carbocycles. The molecule has 1 atom stereocenters. The zero-order valence-electron chi connectivity index (χ0n) is 17.7. The summed E-state index contributed by atoms with van der Waals surface area (Å²) in [6.07, 6.45) is 0.479. The average Bonchev–Trinajstić information content (AvgIpc) is 3.31. The molecule has 164 valence electrons. The second-order valence-corrected chi connectivity index (χ2v) is 8.23. The van der Waals surface area contributed by atoms with Crippen LogP contribution in [-0.2, 0) is 4.79 Å². The molecule has 1 saturated heterocycles. The summed E-state index contributed by atoms with van der Waals surface area (Å²) in [5.41, 5.74) is 1.23. The summed E-state index contributed by atoms with van der Waals surface area (Å²) in [7, 11) is 1.76. The number of rotatable bonds is 7. The van der Waals surface area contributed by atoms with Gasteiger partial charge < -0.3 is 20.4 Å². The van der Waals surface area contributed by atoms with Gasteiger partial charge in [-0.3, -0.25) is 9.79 Å². The van der Waals surface area contributed by atoms with E-state index >= 15 is 0 Å². The maximum absolute atomic E-state index is 12.5. The van der Waals surface area contributed by atoms with Gasteiger partial charge in [0.05, 0.1) is 0 Å². The number of aliphatic imine (C=N–C) groups is 1. The van der Waals surface area contributed by atoms with Crippen molar-refractivity contribution in [1.82, 2.24) is 15.5 Å². The molecule has 0 spiro atoms. The lowest BCUT2D eigenvalue weighted by Gasteiger charge is -2.36. The molecule has 1 aromatic carbocycles. The van der Waals surface area contributed by atoms with Crippen LogP contribution in [0.15, 0.2) is 52.8 Å². The maximum atomic E-state index is 12.5. The first kappa shape index (κ1) is 24.5. The molecule has 1 aromatic heterocycles. The summed E-state index contributed by atoms with van der Waals surface area (Å²) in [4.78, 5) is 22.5. The lowest BCUT2D eigenvalue weighted by molar-refractivity contribution is -0.131. The number of carbonyl (C=O) groups is 1. The topological polar surface area (TPSA) is 60.0 Å². The Hall–Kier alpha value is -1.81. The summed E-state index contributed by atoms with van der Waals surface area (Å²) in [6.45, 7) is 6.92. The fraction of sp³-hybridized carbons (Fsp3) is 0.455. The Kier molecular flexibility index (Phi) is 10.4. The molecular weight excluding hydrogens is 509 g/mol. The largest absolute Gasteiger partial charge is 0.368 e. The van der Waals surface area contributed by atoms with E-state index in [4.69, 9.17) is 0 Å². The third kappa shape index (κ3) is 7.16. The average molecular weight is 542 g/mol. The lowest BCUT2D eigenvalue weighted by Crippen LogP contribution is -2.49. The summed E-state index contributed by atoms with van der Waals surface area (Å²) in [6, 6.07) is 14.6. The highest BCUT2D eigenvalue weighted by molar-refractivity contribution is 14.0. The molecule has 2 N–H and O–H groups in total. The van der Waals surface area contributed by atoms with E-state index in [1.165, 1.54) is 10.6 Å². The van der Waals surface area contributed by atoms with E-state index in [0.29, 0.717) is 18.9 Å². The van der Waals surface area contributed by atoms with Crippen LogP contribution in [0, 0.1) is 0 Å². The standard InChI is InChI=1S/C22H31N5OS.HI/c1-18(20-9-6-16-29-20)17-25-22(23-2)24-11-10-21(28)27-14-12-26(13-15-27)19-7-4-3-5-8-19;/h3-9,16,18H,10-15,17H2,1-2H3,(H2,23,24,25);1H. The Balaban J connectivity index is 0.00000320. The second kappa shape index (κ2) is 12.8. The van der Waals surface area contributed by atoms with Crippen LogP contribution >= 0.6 is 35.3 Å². The van der Waals surface area contributed by atoms with Crippen molar-refractivity contribution in [2.75, 3.05) is 51.2 Å². The number of guanidine groups is 1. The van der Waals surface area contributed by atoms with Gasteiger partial charge in [0.15, 0.2) is 5.96 Å². The van der Waals surface area contributed by atoms with E-state index in [9.17, 15) is 4.79 Å². The number of hydrogen-bond acceptors (Lipinski definition) is 4. The maximum Gasteiger partial charge on any atom is 0.224 e. The molecule has 0 bridgehead atoms. The minimum Gasteiger partial charge on any atom is -0.368 e. The van der Waals surface area contributed by atoms with Crippen molar-refractivity contribution in [1.29, 1.82) is 0 Å². The van der Waals surface area contributed by atoms with Gasteiger partial charge in [-0.2, -0.15) is 0 Å². The van der Waals surface area contributed by atoms with Crippen molar-refractivity contribution >= 4 is 52.9 Å². The summed E-state index contributed by atoms with van der Waals surface area (Å²) in [5.74, 6) is 1.37. The lowest BCUT2D eigenvalue weighted by atomic mass is 10.1. The second-order valence-electron chi connectivity index (χ2n) is 7.25. The van der Waals surface area contributed by atoms with Gasteiger partial charge in [-0.05, 0) is 23.6 Å². The van der Waals surface area contributed by atoms with Gasteiger partial charge in [0.1, 0.15) is 0 Å². The van der Waals surface area contributed by atoms with E-state index < -0.39 is 0 Å². The van der Waals surface area contributed by atoms with Crippen LogP contribution < -0.4 is 15.5 Å². The van der Waals surface area contributed by atoms with E-state index in [1.807, 2.05) is 11.0 Å². The molecule has 1 amide bonds. The first-order chi connectivity index (χ1) is 14.2. The predicted octanol–water partition coefficient (Wildman–Crippen LogP) is 3.37. The number of amides is 1. The van der Waals surface area contributed by atoms with Gasteiger partial charge >= 0.3 is 0 Å². The summed E-state index contributed by atoms with van der Waals surface area (Å²) in [5, 5.41) is 8.71. The number of thiophene rings is 1. The van der Waals surface area contributed by atoms with Gasteiger partial charge in [-0.15, -0.1) is 35.3 Å². The van der Waals surface area contributed by atoms with E-state index in [0.717, 1.165) is 38.7 Å². The number of carbonyl (C=O) groups excluding carboxylic acids is 1. The van der Waals surface area contributed by atoms with Gasteiger partial charge in [-0.25, -0.2) is 0 Å². The third-order valence-corrected chi connectivity index (χ3v) is 6.32. The molecule has 0 aliphatic carbocycles. The number of benzene rings is 1. The SMILES string of the molecule is CN=C(NCCC(=O)N1CCN(c2ccccc2)CC1)NCC(C)c1cccs1.I. The molecule has 1 aliphatic rings. The van der Waals surface area contributed by atoms with Crippen LogP contribution in [0.5, 0.6) is 0 Å². The van der Waals surface area contributed by atoms with Crippen molar-refractivity contribution in [3.63, 3.8) is 0 Å². The van der Waals surface area contributed by atoms with Crippen LogP contribution in [0.25, 0.3) is 0 Å². The highest BCUT2D eigenvalue weighted by atomic mass is 127. The Bertz CT molecular complexity index is 776. The molecule has 1 fully saturated rings. The molecule has 3 rings (SSSR count). The highest BCUT2D eigenvalue weighted by Crippen LogP contribution is 2.19. The number of nitrogens with one attached hydrogen (secondary N) is 2. The van der Waals surface area contributed by atoms with Gasteiger partial charge in [-0.1, -0.05) is 31.2 Å². The summed E-state index contributed by atoms with van der Waals surface area (Å²) < 4.78 is 0. The molecular formula is C22H32IN5OS. The van der Waals surface area contributed by atoms with Crippen LogP contribution in [0.1, 0.15) is 24.1 Å². The van der Waals surface area contributed by atoms with E-state index in [1.54, 1.807) is 18.4 Å². The molecule has 6 nitrogen and oxygen atoms in total. The zero-order valence-corrected chi connectivity index (χ0v) is 20.9. The van der Waals surface area contributed by atoms with Crippen LogP contribution in [-0.4, -0.2) is 63.1 Å².